The predicted octanol–water partition coefficient (Wildman–Crippen LogP) is 2.78. The van der Waals surface area contributed by atoms with Crippen LogP contribution in [0.15, 0.2) is 34.2 Å². The lowest BCUT2D eigenvalue weighted by Crippen LogP contribution is -2.44. The van der Waals surface area contributed by atoms with Crippen LogP contribution < -0.4 is 5.56 Å². The van der Waals surface area contributed by atoms with Crippen molar-refractivity contribution in [1.29, 1.82) is 0 Å². The van der Waals surface area contributed by atoms with Gasteiger partial charge in [0.15, 0.2) is 5.16 Å². The Morgan fingerprint density at radius 3 is 2.63 bits per heavy atom. The molecule has 0 spiro atoms. The first-order valence-corrected chi connectivity index (χ1v) is 10.4. The third-order valence-electron chi connectivity index (χ3n) is 4.71. The zero-order valence-corrected chi connectivity index (χ0v) is 17.0. The number of morpholine rings is 1. The van der Waals surface area contributed by atoms with E-state index in [0.29, 0.717) is 54.8 Å². The van der Waals surface area contributed by atoms with E-state index in [9.17, 15) is 9.59 Å². The van der Waals surface area contributed by atoms with Crippen molar-refractivity contribution in [3.8, 4) is 0 Å². The maximum absolute atomic E-state index is 13.0. The highest BCUT2D eigenvalue weighted by Crippen LogP contribution is 2.24. The Balaban J connectivity index is 1.90. The smallest absolute Gasteiger partial charge is 0.262 e. The zero-order valence-electron chi connectivity index (χ0n) is 16.2. The molecule has 1 amide bonds. The molecule has 2 aromatic rings. The summed E-state index contributed by atoms with van der Waals surface area (Å²) < 4.78 is 7.06. The number of ether oxygens (including phenoxy) is 1. The Morgan fingerprint density at radius 2 is 1.93 bits per heavy atom. The Hall–Kier alpha value is -1.86. The van der Waals surface area contributed by atoms with E-state index < -0.39 is 0 Å². The van der Waals surface area contributed by atoms with Gasteiger partial charge in [-0.2, -0.15) is 0 Å². The van der Waals surface area contributed by atoms with E-state index in [2.05, 4.69) is 13.8 Å². The zero-order chi connectivity index (χ0) is 19.4. The second-order valence-electron chi connectivity index (χ2n) is 7.25. The molecule has 0 radical (unpaired) electrons. The molecule has 1 aliphatic heterocycles. The predicted molar refractivity (Wildman–Crippen MR) is 108 cm³/mol. The Morgan fingerprint density at radius 1 is 1.22 bits per heavy atom. The van der Waals surface area contributed by atoms with Crippen LogP contribution in [0.5, 0.6) is 0 Å². The molecule has 146 valence electrons. The van der Waals surface area contributed by atoms with Crippen LogP contribution >= 0.6 is 11.8 Å². The molecule has 7 heteroatoms. The number of amides is 1. The van der Waals surface area contributed by atoms with Gasteiger partial charge in [0.2, 0.25) is 5.91 Å². The van der Waals surface area contributed by atoms with Crippen molar-refractivity contribution < 1.29 is 9.53 Å². The fourth-order valence-corrected chi connectivity index (χ4v) is 4.09. The van der Waals surface area contributed by atoms with E-state index >= 15 is 0 Å². The third kappa shape index (κ3) is 4.71. The second-order valence-corrected chi connectivity index (χ2v) is 8.56. The molecule has 1 saturated heterocycles. The lowest BCUT2D eigenvalue weighted by molar-refractivity contribution is -0.134. The molecule has 1 fully saturated rings. The van der Waals surface area contributed by atoms with Crippen molar-refractivity contribution >= 4 is 28.6 Å². The largest absolute Gasteiger partial charge is 0.378 e. The number of nitrogens with zero attached hydrogens (tertiary/aromatic N) is 3. The van der Waals surface area contributed by atoms with Crippen molar-refractivity contribution in [2.75, 3.05) is 26.3 Å². The minimum atomic E-state index is -0.304. The van der Waals surface area contributed by atoms with Crippen molar-refractivity contribution in [2.45, 2.75) is 44.1 Å². The topological polar surface area (TPSA) is 64.4 Å². The van der Waals surface area contributed by atoms with Crippen LogP contribution in [-0.4, -0.2) is 51.9 Å². The van der Waals surface area contributed by atoms with Gasteiger partial charge >= 0.3 is 0 Å². The van der Waals surface area contributed by atoms with E-state index in [-0.39, 0.29) is 16.7 Å². The van der Waals surface area contributed by atoms with E-state index in [0.717, 1.165) is 6.42 Å². The maximum atomic E-state index is 13.0. The highest BCUT2D eigenvalue weighted by molar-refractivity contribution is 8.00. The van der Waals surface area contributed by atoms with Gasteiger partial charge in [-0.15, -0.1) is 0 Å². The van der Waals surface area contributed by atoms with Crippen molar-refractivity contribution in [3.63, 3.8) is 0 Å². The number of carbonyl (C=O) groups is 1. The van der Waals surface area contributed by atoms with Gasteiger partial charge in [-0.1, -0.05) is 37.7 Å². The molecule has 1 atom stereocenters. The van der Waals surface area contributed by atoms with Gasteiger partial charge in [0.05, 0.1) is 29.4 Å². The summed E-state index contributed by atoms with van der Waals surface area (Å²) in [5, 5.41) is 0.938. The van der Waals surface area contributed by atoms with Crippen LogP contribution in [0.4, 0.5) is 0 Å². The molecular formula is C20H27N3O3S. The number of hydrogen-bond acceptors (Lipinski definition) is 5. The lowest BCUT2D eigenvalue weighted by Gasteiger charge is -2.29. The molecule has 1 aromatic heterocycles. The molecule has 6 nitrogen and oxygen atoms in total. The molecule has 3 rings (SSSR count). The molecule has 0 saturated carbocycles. The molecule has 1 unspecified atom stereocenters. The molecule has 0 N–H and O–H groups in total. The van der Waals surface area contributed by atoms with Gasteiger partial charge in [-0.25, -0.2) is 4.98 Å². The van der Waals surface area contributed by atoms with Gasteiger partial charge in [0, 0.05) is 19.6 Å². The van der Waals surface area contributed by atoms with Crippen molar-refractivity contribution in [1.82, 2.24) is 14.5 Å². The van der Waals surface area contributed by atoms with Crippen LogP contribution in [-0.2, 0) is 16.1 Å². The first-order chi connectivity index (χ1) is 13.0. The number of rotatable bonds is 6. The van der Waals surface area contributed by atoms with Crippen LogP contribution in [0.25, 0.3) is 10.9 Å². The lowest BCUT2D eigenvalue weighted by atomic mass is 10.1. The van der Waals surface area contributed by atoms with E-state index in [4.69, 9.17) is 9.72 Å². The number of benzene rings is 1. The van der Waals surface area contributed by atoms with E-state index in [1.165, 1.54) is 11.8 Å². The van der Waals surface area contributed by atoms with Crippen LogP contribution in [0.1, 0.15) is 27.2 Å². The van der Waals surface area contributed by atoms with Gasteiger partial charge in [0.1, 0.15) is 0 Å². The van der Waals surface area contributed by atoms with Crippen LogP contribution in [0.3, 0.4) is 0 Å². The number of fused-ring (bicyclic) bond motifs is 1. The van der Waals surface area contributed by atoms with Crippen LogP contribution in [0.2, 0.25) is 0 Å². The quantitative estimate of drug-likeness (QED) is 0.561. The van der Waals surface area contributed by atoms with Gasteiger partial charge in [-0.3, -0.25) is 14.2 Å². The summed E-state index contributed by atoms with van der Waals surface area (Å²) in [6, 6.07) is 7.40. The average Bonchev–Trinajstić information content (AvgIpc) is 2.67. The Bertz CT molecular complexity index is 859. The van der Waals surface area contributed by atoms with E-state index in [1.54, 1.807) is 4.57 Å². The maximum Gasteiger partial charge on any atom is 0.262 e. The summed E-state index contributed by atoms with van der Waals surface area (Å²) in [6.45, 7) is 9.16. The monoisotopic (exact) mass is 389 g/mol. The number of aromatic nitrogens is 2. The highest BCUT2D eigenvalue weighted by Gasteiger charge is 2.25. The summed E-state index contributed by atoms with van der Waals surface area (Å²) in [5.41, 5.74) is 0.645. The SMILES string of the molecule is CC(C)CCn1c(SC(C)C(=O)N2CCOCC2)nc2ccccc2c1=O. The molecule has 0 bridgehead atoms. The minimum absolute atomic E-state index is 0.0326. The number of carbonyl (C=O) groups excluding carboxylic acids is 1. The average molecular weight is 390 g/mol. The van der Waals surface area contributed by atoms with Gasteiger partial charge in [-0.05, 0) is 31.4 Å². The van der Waals surface area contributed by atoms with Crippen molar-refractivity contribution in [2.24, 2.45) is 5.92 Å². The standard InChI is InChI=1S/C20H27N3O3S/c1-14(2)8-9-23-19(25)16-6-4-5-7-17(16)21-20(23)27-15(3)18(24)22-10-12-26-13-11-22/h4-7,14-15H,8-13H2,1-3H3. The number of thioether (sulfide) groups is 1. The summed E-state index contributed by atoms with van der Waals surface area (Å²) in [5.74, 6) is 0.551. The third-order valence-corrected chi connectivity index (χ3v) is 5.79. The van der Waals surface area contributed by atoms with E-state index in [1.807, 2.05) is 36.1 Å². The second kappa shape index (κ2) is 8.89. The summed E-state index contributed by atoms with van der Waals surface area (Å²) in [4.78, 5) is 32.3. The molecule has 1 aliphatic rings. The van der Waals surface area contributed by atoms with Crippen LogP contribution in [0, 0.1) is 5.92 Å². The first kappa shape index (κ1) is 19.9. The Kier molecular flexibility index (Phi) is 6.55. The summed E-state index contributed by atoms with van der Waals surface area (Å²) in [6.07, 6.45) is 0.888. The normalized spacial score (nSPS) is 16.1. The summed E-state index contributed by atoms with van der Waals surface area (Å²) >= 11 is 1.37. The molecule has 27 heavy (non-hydrogen) atoms. The fourth-order valence-electron chi connectivity index (χ4n) is 3.07. The number of para-hydroxylation sites is 1. The molecule has 2 heterocycles. The summed E-state index contributed by atoms with van der Waals surface area (Å²) in [7, 11) is 0. The number of hydrogen-bond donors (Lipinski definition) is 0. The molecule has 1 aromatic carbocycles. The first-order valence-electron chi connectivity index (χ1n) is 9.50. The Labute approximate surface area is 163 Å². The fraction of sp³-hybridized carbons (Fsp3) is 0.550. The highest BCUT2D eigenvalue weighted by atomic mass is 32.2. The minimum Gasteiger partial charge on any atom is -0.378 e. The van der Waals surface area contributed by atoms with Crippen molar-refractivity contribution in [3.05, 3.63) is 34.6 Å². The van der Waals surface area contributed by atoms with Gasteiger partial charge in [0.25, 0.3) is 5.56 Å². The molecular weight excluding hydrogens is 362 g/mol. The molecule has 0 aliphatic carbocycles. The van der Waals surface area contributed by atoms with Gasteiger partial charge < -0.3 is 9.64 Å².